The number of hydrogen-bond acceptors (Lipinski definition) is 4. The molecule has 2 heterocycles. The van der Waals surface area contributed by atoms with E-state index < -0.39 is 0 Å². The Morgan fingerprint density at radius 3 is 2.79 bits per heavy atom. The zero-order valence-corrected chi connectivity index (χ0v) is 14.6. The van der Waals surface area contributed by atoms with Gasteiger partial charge in [0.05, 0.1) is 0 Å². The summed E-state index contributed by atoms with van der Waals surface area (Å²) >= 11 is 0. The molecular formula is C17H26N6O. The third kappa shape index (κ3) is 5.34. The van der Waals surface area contributed by atoms with E-state index in [1.165, 1.54) is 0 Å². The standard InChI is InChI=1S/C17H26N6O/c1-4-24-11-5-8-20-17(18-3)22-13-15-6-7-16(21-12-15)23-10-9-19-14(23)2/h6-7,9-10,12H,4-5,8,11,13H2,1-3H3,(H2,18,20,22). The molecule has 0 spiro atoms. The topological polar surface area (TPSA) is 76.4 Å². The van der Waals surface area contributed by atoms with Gasteiger partial charge in [0, 0.05) is 51.9 Å². The Morgan fingerprint density at radius 2 is 2.17 bits per heavy atom. The summed E-state index contributed by atoms with van der Waals surface area (Å²) in [5.41, 5.74) is 1.09. The van der Waals surface area contributed by atoms with Crippen molar-refractivity contribution in [2.45, 2.75) is 26.8 Å². The first kappa shape index (κ1) is 17.9. The van der Waals surface area contributed by atoms with Crippen molar-refractivity contribution in [3.05, 3.63) is 42.1 Å². The minimum absolute atomic E-state index is 0.668. The predicted molar refractivity (Wildman–Crippen MR) is 95.4 cm³/mol. The molecule has 130 valence electrons. The van der Waals surface area contributed by atoms with Crippen molar-refractivity contribution in [2.75, 3.05) is 26.8 Å². The van der Waals surface area contributed by atoms with Crippen molar-refractivity contribution in [3.8, 4) is 5.82 Å². The lowest BCUT2D eigenvalue weighted by molar-refractivity contribution is 0.145. The van der Waals surface area contributed by atoms with Gasteiger partial charge in [-0.05, 0) is 31.9 Å². The number of hydrogen-bond donors (Lipinski definition) is 2. The highest BCUT2D eigenvalue weighted by atomic mass is 16.5. The molecule has 2 N–H and O–H groups in total. The van der Waals surface area contributed by atoms with Gasteiger partial charge in [0.15, 0.2) is 5.96 Å². The summed E-state index contributed by atoms with van der Waals surface area (Å²) in [6.45, 7) is 6.98. The van der Waals surface area contributed by atoms with Gasteiger partial charge in [-0.15, -0.1) is 0 Å². The molecule has 0 amide bonds. The molecule has 2 aromatic heterocycles. The second kappa shape index (κ2) is 9.67. The SMILES string of the molecule is CCOCCCNC(=NC)NCc1ccc(-n2ccnc2C)nc1. The number of pyridine rings is 1. The van der Waals surface area contributed by atoms with Crippen LogP contribution in [0, 0.1) is 6.92 Å². The molecule has 2 aromatic rings. The van der Waals surface area contributed by atoms with E-state index in [1.54, 1.807) is 13.2 Å². The average Bonchev–Trinajstić information content (AvgIpc) is 3.04. The molecule has 0 aromatic carbocycles. The third-order valence-corrected chi connectivity index (χ3v) is 3.53. The molecule has 24 heavy (non-hydrogen) atoms. The van der Waals surface area contributed by atoms with Gasteiger partial charge in [-0.25, -0.2) is 9.97 Å². The fraction of sp³-hybridized carbons (Fsp3) is 0.471. The minimum Gasteiger partial charge on any atom is -0.382 e. The van der Waals surface area contributed by atoms with E-state index in [9.17, 15) is 0 Å². The van der Waals surface area contributed by atoms with Crippen LogP contribution < -0.4 is 10.6 Å². The number of nitrogens with one attached hydrogen (secondary N) is 2. The van der Waals surface area contributed by atoms with Crippen LogP contribution in [-0.4, -0.2) is 47.3 Å². The van der Waals surface area contributed by atoms with Gasteiger partial charge >= 0.3 is 0 Å². The van der Waals surface area contributed by atoms with Crippen LogP contribution in [0.25, 0.3) is 5.82 Å². The number of guanidine groups is 1. The lowest BCUT2D eigenvalue weighted by Crippen LogP contribution is -2.37. The summed E-state index contributed by atoms with van der Waals surface area (Å²) in [6.07, 6.45) is 6.50. The van der Waals surface area contributed by atoms with E-state index in [0.29, 0.717) is 6.54 Å². The van der Waals surface area contributed by atoms with Crippen LogP contribution in [0.4, 0.5) is 0 Å². The second-order valence-electron chi connectivity index (χ2n) is 5.27. The second-order valence-corrected chi connectivity index (χ2v) is 5.27. The molecule has 0 bridgehead atoms. The number of rotatable bonds is 8. The van der Waals surface area contributed by atoms with Gasteiger partial charge in [-0.1, -0.05) is 6.07 Å². The van der Waals surface area contributed by atoms with Crippen molar-refractivity contribution < 1.29 is 4.74 Å². The Morgan fingerprint density at radius 1 is 1.29 bits per heavy atom. The molecule has 0 unspecified atom stereocenters. The Balaban J connectivity index is 1.80. The van der Waals surface area contributed by atoms with E-state index in [1.807, 2.05) is 36.9 Å². The molecule has 0 fully saturated rings. The quantitative estimate of drug-likeness (QED) is 0.437. The minimum atomic E-state index is 0.668. The Labute approximate surface area is 143 Å². The molecule has 0 saturated heterocycles. The van der Waals surface area contributed by atoms with E-state index in [4.69, 9.17) is 4.74 Å². The average molecular weight is 330 g/mol. The number of aromatic nitrogens is 3. The molecular weight excluding hydrogens is 304 g/mol. The van der Waals surface area contributed by atoms with Crippen molar-refractivity contribution in [3.63, 3.8) is 0 Å². The normalized spacial score (nSPS) is 11.5. The molecule has 0 aliphatic carbocycles. The van der Waals surface area contributed by atoms with Crippen LogP contribution in [0.1, 0.15) is 24.7 Å². The van der Waals surface area contributed by atoms with Crippen LogP contribution in [0.15, 0.2) is 35.7 Å². The summed E-state index contributed by atoms with van der Waals surface area (Å²) < 4.78 is 7.27. The number of aliphatic imine (C=N–C) groups is 1. The third-order valence-electron chi connectivity index (χ3n) is 3.53. The molecule has 0 saturated carbocycles. The molecule has 0 aliphatic rings. The number of aryl methyl sites for hydroxylation is 1. The zero-order valence-electron chi connectivity index (χ0n) is 14.6. The summed E-state index contributed by atoms with van der Waals surface area (Å²) in [6, 6.07) is 4.04. The highest BCUT2D eigenvalue weighted by molar-refractivity contribution is 5.79. The van der Waals surface area contributed by atoms with E-state index in [0.717, 1.165) is 49.3 Å². The Bertz CT molecular complexity index is 635. The van der Waals surface area contributed by atoms with Crippen LogP contribution in [0.3, 0.4) is 0 Å². The zero-order chi connectivity index (χ0) is 17.2. The van der Waals surface area contributed by atoms with Crippen LogP contribution >= 0.6 is 0 Å². The van der Waals surface area contributed by atoms with Crippen LogP contribution in [0.5, 0.6) is 0 Å². The Hall–Kier alpha value is -2.41. The maximum atomic E-state index is 5.31. The fourth-order valence-corrected chi connectivity index (χ4v) is 2.22. The smallest absolute Gasteiger partial charge is 0.191 e. The molecule has 2 rings (SSSR count). The highest BCUT2D eigenvalue weighted by Gasteiger charge is 2.03. The number of ether oxygens (including phenoxy) is 1. The number of imidazole rings is 1. The summed E-state index contributed by atoms with van der Waals surface area (Å²) in [4.78, 5) is 12.9. The van der Waals surface area contributed by atoms with Gasteiger partial charge in [0.2, 0.25) is 0 Å². The lowest BCUT2D eigenvalue weighted by Gasteiger charge is -2.12. The maximum Gasteiger partial charge on any atom is 0.191 e. The van der Waals surface area contributed by atoms with E-state index in [-0.39, 0.29) is 0 Å². The van der Waals surface area contributed by atoms with E-state index in [2.05, 4.69) is 31.7 Å². The summed E-state index contributed by atoms with van der Waals surface area (Å²) in [5.74, 6) is 2.57. The largest absolute Gasteiger partial charge is 0.382 e. The van der Waals surface area contributed by atoms with Crippen molar-refractivity contribution in [1.82, 2.24) is 25.2 Å². The maximum absolute atomic E-state index is 5.31. The monoisotopic (exact) mass is 330 g/mol. The van der Waals surface area contributed by atoms with Gasteiger partial charge in [-0.3, -0.25) is 9.56 Å². The molecule has 0 atom stereocenters. The fourth-order valence-electron chi connectivity index (χ4n) is 2.22. The summed E-state index contributed by atoms with van der Waals surface area (Å²) in [5, 5.41) is 6.55. The van der Waals surface area contributed by atoms with Crippen molar-refractivity contribution in [2.24, 2.45) is 4.99 Å². The summed E-state index contributed by atoms with van der Waals surface area (Å²) in [7, 11) is 1.76. The van der Waals surface area contributed by atoms with Crippen LogP contribution in [0.2, 0.25) is 0 Å². The van der Waals surface area contributed by atoms with Gasteiger partial charge in [0.1, 0.15) is 11.6 Å². The number of nitrogens with zero attached hydrogens (tertiary/aromatic N) is 4. The molecule has 0 radical (unpaired) electrons. The lowest BCUT2D eigenvalue weighted by atomic mass is 10.3. The first-order valence-electron chi connectivity index (χ1n) is 8.22. The van der Waals surface area contributed by atoms with Crippen molar-refractivity contribution in [1.29, 1.82) is 0 Å². The van der Waals surface area contributed by atoms with E-state index >= 15 is 0 Å². The first-order chi connectivity index (χ1) is 11.7. The molecule has 0 aliphatic heterocycles. The predicted octanol–water partition coefficient (Wildman–Crippen LogP) is 1.67. The van der Waals surface area contributed by atoms with Gasteiger partial charge in [-0.2, -0.15) is 0 Å². The van der Waals surface area contributed by atoms with Crippen LogP contribution in [-0.2, 0) is 11.3 Å². The Kier molecular flexibility index (Phi) is 7.22. The van der Waals surface area contributed by atoms with Crippen molar-refractivity contribution >= 4 is 5.96 Å². The molecule has 7 heteroatoms. The molecule has 7 nitrogen and oxygen atoms in total. The van der Waals surface area contributed by atoms with Gasteiger partial charge in [0.25, 0.3) is 0 Å². The highest BCUT2D eigenvalue weighted by Crippen LogP contribution is 2.08. The first-order valence-corrected chi connectivity index (χ1v) is 8.22. The van der Waals surface area contributed by atoms with Gasteiger partial charge < -0.3 is 15.4 Å².